The Morgan fingerprint density at radius 1 is 1.13 bits per heavy atom. The van der Waals surface area contributed by atoms with Gasteiger partial charge in [0, 0.05) is 22.6 Å². The van der Waals surface area contributed by atoms with Crippen LogP contribution in [0.3, 0.4) is 0 Å². The summed E-state index contributed by atoms with van der Waals surface area (Å²) in [5, 5.41) is 4.59. The molecule has 2 atom stereocenters. The predicted octanol–water partition coefficient (Wildman–Crippen LogP) is 6.09. The summed E-state index contributed by atoms with van der Waals surface area (Å²) < 4.78 is 5.96. The molecule has 4 heteroatoms. The molecular formula is C27H34N2O2. The first-order valence-corrected chi connectivity index (χ1v) is 11.6. The molecule has 31 heavy (non-hydrogen) atoms. The zero-order chi connectivity index (χ0) is 22.0. The molecule has 3 aromatic rings. The fourth-order valence-corrected chi connectivity index (χ4v) is 5.05. The molecule has 2 unspecified atom stereocenters. The maximum absolute atomic E-state index is 13.2. The van der Waals surface area contributed by atoms with Crippen LogP contribution in [0.25, 0.3) is 10.9 Å². The van der Waals surface area contributed by atoms with Gasteiger partial charge in [-0.1, -0.05) is 30.7 Å². The largest absolute Gasteiger partial charge is 0.454 e. The SMILES string of the molecule is Cc1cccc(C)c1C(C)OC(=O)c1c(C)[nH]c2ccc(CCC3CCCCN3)cc12. The van der Waals surface area contributed by atoms with Gasteiger partial charge in [-0.2, -0.15) is 0 Å². The van der Waals surface area contributed by atoms with E-state index in [1.54, 1.807) is 0 Å². The minimum atomic E-state index is -0.293. The molecule has 2 aromatic carbocycles. The molecule has 0 radical (unpaired) electrons. The number of fused-ring (bicyclic) bond motifs is 1. The number of H-pyrrole nitrogens is 1. The standard InChI is InChI=1S/C27H34N2O2/c1-17-8-7-9-18(2)25(17)20(4)31-27(30)26-19(3)29-24-14-12-21(16-23(24)26)11-13-22-10-5-6-15-28-22/h7-9,12,14,16,20,22,28-29H,5-6,10-11,13,15H2,1-4H3. The summed E-state index contributed by atoms with van der Waals surface area (Å²) in [6, 6.07) is 13.2. The molecule has 164 valence electrons. The highest BCUT2D eigenvalue weighted by Gasteiger charge is 2.22. The highest BCUT2D eigenvalue weighted by atomic mass is 16.5. The Kier molecular flexibility index (Phi) is 6.47. The lowest BCUT2D eigenvalue weighted by Gasteiger charge is -2.23. The van der Waals surface area contributed by atoms with Gasteiger partial charge in [-0.05, 0) is 94.3 Å². The second-order valence-electron chi connectivity index (χ2n) is 9.04. The first-order valence-electron chi connectivity index (χ1n) is 11.6. The minimum absolute atomic E-state index is 0.259. The van der Waals surface area contributed by atoms with Gasteiger partial charge < -0.3 is 15.0 Å². The third kappa shape index (κ3) is 4.69. The second-order valence-corrected chi connectivity index (χ2v) is 9.04. The third-order valence-electron chi connectivity index (χ3n) is 6.68. The van der Waals surface area contributed by atoms with Crippen LogP contribution in [-0.2, 0) is 11.2 Å². The van der Waals surface area contributed by atoms with E-state index in [1.165, 1.54) is 24.8 Å². The highest BCUT2D eigenvalue weighted by Crippen LogP contribution is 2.29. The van der Waals surface area contributed by atoms with Crippen LogP contribution in [0.5, 0.6) is 0 Å². The Labute approximate surface area is 185 Å². The molecule has 1 aliphatic heterocycles. The zero-order valence-corrected chi connectivity index (χ0v) is 19.2. The van der Waals surface area contributed by atoms with E-state index in [0.29, 0.717) is 11.6 Å². The molecule has 2 N–H and O–H groups in total. The lowest BCUT2D eigenvalue weighted by Crippen LogP contribution is -2.34. The Morgan fingerprint density at radius 3 is 2.61 bits per heavy atom. The molecular weight excluding hydrogens is 384 g/mol. The molecule has 1 fully saturated rings. The van der Waals surface area contributed by atoms with Crippen molar-refractivity contribution in [1.29, 1.82) is 0 Å². The number of hydrogen-bond acceptors (Lipinski definition) is 3. The van der Waals surface area contributed by atoms with E-state index >= 15 is 0 Å². The van der Waals surface area contributed by atoms with Gasteiger partial charge in [0.2, 0.25) is 0 Å². The van der Waals surface area contributed by atoms with Crippen molar-refractivity contribution >= 4 is 16.9 Å². The fourth-order valence-electron chi connectivity index (χ4n) is 5.05. The summed E-state index contributed by atoms with van der Waals surface area (Å²) in [5.41, 5.74) is 7.17. The number of aromatic nitrogens is 1. The maximum atomic E-state index is 13.2. The van der Waals surface area contributed by atoms with Crippen molar-refractivity contribution in [3.05, 3.63) is 69.9 Å². The van der Waals surface area contributed by atoms with E-state index in [4.69, 9.17) is 4.74 Å². The number of aromatic amines is 1. The lowest BCUT2D eigenvalue weighted by atomic mass is 9.97. The van der Waals surface area contributed by atoms with Crippen molar-refractivity contribution in [2.75, 3.05) is 6.54 Å². The van der Waals surface area contributed by atoms with E-state index < -0.39 is 0 Å². The van der Waals surface area contributed by atoms with Gasteiger partial charge in [0.25, 0.3) is 0 Å². The van der Waals surface area contributed by atoms with Gasteiger partial charge in [-0.25, -0.2) is 4.79 Å². The van der Waals surface area contributed by atoms with Crippen molar-refractivity contribution in [2.24, 2.45) is 0 Å². The van der Waals surface area contributed by atoms with E-state index in [-0.39, 0.29) is 12.1 Å². The van der Waals surface area contributed by atoms with Gasteiger partial charge in [-0.3, -0.25) is 0 Å². The van der Waals surface area contributed by atoms with Gasteiger partial charge in [0.1, 0.15) is 6.10 Å². The smallest absolute Gasteiger partial charge is 0.341 e. The molecule has 1 saturated heterocycles. The summed E-state index contributed by atoms with van der Waals surface area (Å²) in [6.07, 6.45) is 5.74. The van der Waals surface area contributed by atoms with Gasteiger partial charge >= 0.3 is 5.97 Å². The molecule has 4 nitrogen and oxygen atoms in total. The Bertz CT molecular complexity index is 1060. The summed E-state index contributed by atoms with van der Waals surface area (Å²) in [6.45, 7) is 9.18. The van der Waals surface area contributed by atoms with Crippen LogP contribution in [0.4, 0.5) is 0 Å². The monoisotopic (exact) mass is 418 g/mol. The van der Waals surface area contributed by atoms with Crippen LogP contribution in [0.2, 0.25) is 0 Å². The first kappa shape index (κ1) is 21.6. The summed E-state index contributed by atoms with van der Waals surface area (Å²) >= 11 is 0. The Morgan fingerprint density at radius 2 is 1.90 bits per heavy atom. The van der Waals surface area contributed by atoms with Crippen molar-refractivity contribution in [1.82, 2.24) is 10.3 Å². The van der Waals surface area contributed by atoms with Crippen LogP contribution >= 0.6 is 0 Å². The topological polar surface area (TPSA) is 54.1 Å². The van der Waals surface area contributed by atoms with Crippen molar-refractivity contribution in [2.45, 2.75) is 71.9 Å². The third-order valence-corrected chi connectivity index (χ3v) is 6.68. The van der Waals surface area contributed by atoms with Crippen molar-refractivity contribution in [3.63, 3.8) is 0 Å². The Balaban J connectivity index is 1.54. The van der Waals surface area contributed by atoms with Crippen LogP contribution in [-0.4, -0.2) is 23.5 Å². The Hall–Kier alpha value is -2.59. The van der Waals surface area contributed by atoms with Crippen LogP contribution < -0.4 is 5.32 Å². The molecule has 0 saturated carbocycles. The second kappa shape index (κ2) is 9.27. The van der Waals surface area contributed by atoms with Crippen LogP contribution in [0, 0.1) is 20.8 Å². The minimum Gasteiger partial charge on any atom is -0.454 e. The molecule has 0 bridgehead atoms. The molecule has 4 rings (SSSR count). The predicted molar refractivity (Wildman–Crippen MR) is 127 cm³/mol. The van der Waals surface area contributed by atoms with Crippen LogP contribution in [0.15, 0.2) is 36.4 Å². The average Bonchev–Trinajstić information content (AvgIpc) is 3.08. The first-order chi connectivity index (χ1) is 14.9. The number of carbonyl (C=O) groups is 1. The fraction of sp³-hybridized carbons (Fsp3) is 0.444. The van der Waals surface area contributed by atoms with E-state index in [0.717, 1.165) is 52.7 Å². The number of nitrogens with one attached hydrogen (secondary N) is 2. The number of rotatable bonds is 6. The van der Waals surface area contributed by atoms with Gasteiger partial charge in [-0.15, -0.1) is 0 Å². The average molecular weight is 419 g/mol. The number of esters is 1. The molecule has 1 aliphatic rings. The normalized spacial score (nSPS) is 17.6. The zero-order valence-electron chi connectivity index (χ0n) is 19.2. The number of carbonyl (C=O) groups excluding carboxylic acids is 1. The number of ether oxygens (including phenoxy) is 1. The molecule has 0 spiro atoms. The van der Waals surface area contributed by atoms with E-state index in [1.807, 2.05) is 19.9 Å². The molecule has 0 amide bonds. The summed E-state index contributed by atoms with van der Waals surface area (Å²) in [4.78, 5) is 16.6. The van der Waals surface area contributed by atoms with Crippen molar-refractivity contribution in [3.8, 4) is 0 Å². The lowest BCUT2D eigenvalue weighted by molar-refractivity contribution is 0.0337. The highest BCUT2D eigenvalue weighted by molar-refractivity contribution is 6.05. The summed E-state index contributed by atoms with van der Waals surface area (Å²) in [7, 11) is 0. The number of piperidine rings is 1. The van der Waals surface area contributed by atoms with E-state index in [2.05, 4.69) is 54.5 Å². The molecule has 2 heterocycles. The molecule has 1 aromatic heterocycles. The number of benzene rings is 2. The molecule has 0 aliphatic carbocycles. The quantitative estimate of drug-likeness (QED) is 0.477. The summed E-state index contributed by atoms with van der Waals surface area (Å²) in [5.74, 6) is -0.259. The van der Waals surface area contributed by atoms with E-state index in [9.17, 15) is 4.79 Å². The maximum Gasteiger partial charge on any atom is 0.341 e. The van der Waals surface area contributed by atoms with Gasteiger partial charge in [0.05, 0.1) is 5.56 Å². The number of aryl methyl sites for hydroxylation is 4. The van der Waals surface area contributed by atoms with Crippen LogP contribution in [0.1, 0.15) is 77.0 Å². The van der Waals surface area contributed by atoms with Gasteiger partial charge in [0.15, 0.2) is 0 Å². The number of hydrogen-bond donors (Lipinski definition) is 2. The van der Waals surface area contributed by atoms with Crippen molar-refractivity contribution < 1.29 is 9.53 Å².